The van der Waals surface area contributed by atoms with Crippen LogP contribution in [0.4, 0.5) is 9.59 Å². The van der Waals surface area contributed by atoms with Crippen molar-refractivity contribution < 1.29 is 81.6 Å². The Bertz CT molecular complexity index is 3920. The number of fused-ring (bicyclic) bond motifs is 6. The van der Waals surface area contributed by atoms with Gasteiger partial charge in [0.1, 0.15) is 49.3 Å². The van der Waals surface area contributed by atoms with Crippen LogP contribution in [0.15, 0.2) is 146 Å². The molecule has 22 heteroatoms. The maximum atomic E-state index is 12.3. The summed E-state index contributed by atoms with van der Waals surface area (Å²) in [4.78, 5) is 69.7. The lowest BCUT2D eigenvalue weighted by Gasteiger charge is -2.33. The van der Waals surface area contributed by atoms with Crippen LogP contribution in [0.1, 0.15) is 226 Å². The fourth-order valence-corrected chi connectivity index (χ4v) is 20.0. The number of rotatable bonds is 38. The predicted octanol–water partition coefficient (Wildman–Crippen LogP) is 22.9. The van der Waals surface area contributed by atoms with E-state index in [9.17, 15) is 39.0 Å². The van der Waals surface area contributed by atoms with Crippen LogP contribution in [0.5, 0.6) is 17.2 Å². The number of esters is 4. The zero-order valence-electron chi connectivity index (χ0n) is 70.3. The summed E-state index contributed by atoms with van der Waals surface area (Å²) in [6, 6.07) is 47.4. The van der Waals surface area contributed by atoms with Crippen LogP contribution < -0.4 is 14.2 Å². The summed E-state index contributed by atoms with van der Waals surface area (Å²) in [5, 5.41) is 21.4. The van der Waals surface area contributed by atoms with Gasteiger partial charge in [-0.05, 0) is 297 Å². The highest BCUT2D eigenvalue weighted by molar-refractivity contribution is 6.66. The first-order chi connectivity index (χ1) is 57.3. The molecule has 0 heterocycles. The highest BCUT2D eigenvalue weighted by atomic mass is 35.6. The van der Waals surface area contributed by atoms with E-state index in [1.54, 1.807) is 0 Å². The van der Waals surface area contributed by atoms with Gasteiger partial charge in [-0.25, -0.2) is 24.0 Å². The fraction of sp³-hybridized carbons (Fsp3) is 0.567. The van der Waals surface area contributed by atoms with Crippen molar-refractivity contribution in [2.45, 2.75) is 263 Å². The molecule has 650 valence electrons. The average Bonchev–Trinajstić information content (AvgIpc) is 1.65. The summed E-state index contributed by atoms with van der Waals surface area (Å²) in [5.41, 5.74) is 8.99. The van der Waals surface area contributed by atoms with Crippen molar-refractivity contribution in [2.75, 3.05) is 19.8 Å². The molecule has 2 N–H and O–H groups in total. The lowest BCUT2D eigenvalue weighted by Crippen LogP contribution is -2.28. The third-order valence-electron chi connectivity index (χ3n) is 25.2. The molecule has 17 nitrogen and oxygen atoms in total. The van der Waals surface area contributed by atoms with Crippen molar-refractivity contribution >= 4 is 92.7 Å². The van der Waals surface area contributed by atoms with Crippen LogP contribution in [0.2, 0.25) is 0 Å². The van der Waals surface area contributed by atoms with E-state index in [2.05, 4.69) is 63.6 Å². The first-order valence-corrected chi connectivity index (χ1v) is 45.4. The van der Waals surface area contributed by atoms with E-state index in [1.165, 1.54) is 53.5 Å². The largest absolute Gasteiger partial charge is 0.482 e. The molecular formula is C97H125Cl5O17. The number of benzene rings is 6. The highest BCUT2D eigenvalue weighted by Gasteiger charge is 2.47. The SMILES string of the molecule is CC(=O)OC(Cl)(Cl)Cl.CCCCC[C@@H](CC[C@@H]1[C@H]2Cc3cccc(OCC(=O)OCc4ccccc4)c3C[C@H]2C[C@H]1C)OC(=O)Cl.CCCCC[C@@H](CC[C@@H]1[C@H]2Cc3cccc(OCC(=O)OCc4ccccc4)c3C[C@H]2C[C@H]1O)OC(=O)Cl.CCCCC[C@H](O)CC[C@@H]1[C@H]2Cc3cccc(OCC(=O)OCc4ccccc4)c3C[C@H]2C[C@H]1C. The Morgan fingerprint density at radius 3 is 1.09 bits per heavy atom. The molecule has 0 aliphatic heterocycles. The number of ether oxygens (including phenoxy) is 9. The molecule has 6 aliphatic carbocycles. The molecule has 0 spiro atoms. The van der Waals surface area contributed by atoms with E-state index in [-0.39, 0.29) is 81.9 Å². The van der Waals surface area contributed by atoms with Gasteiger partial charge < -0.3 is 52.8 Å². The van der Waals surface area contributed by atoms with Gasteiger partial charge in [0.15, 0.2) is 19.8 Å². The molecule has 3 saturated carbocycles. The molecule has 0 saturated heterocycles. The molecule has 0 unspecified atom stereocenters. The second-order valence-corrected chi connectivity index (χ2v) is 36.4. The summed E-state index contributed by atoms with van der Waals surface area (Å²) in [6.45, 7) is 12.9. The van der Waals surface area contributed by atoms with Gasteiger partial charge in [0, 0.05) is 30.1 Å². The van der Waals surface area contributed by atoms with E-state index in [4.69, 9.17) is 95.9 Å². The quantitative estimate of drug-likeness (QED) is 0.0121. The minimum atomic E-state index is -1.91. The zero-order valence-corrected chi connectivity index (χ0v) is 74.0. The van der Waals surface area contributed by atoms with Crippen LogP contribution in [-0.4, -0.2) is 93.2 Å². The number of hydrogen-bond donors (Lipinski definition) is 2. The zero-order chi connectivity index (χ0) is 85.2. The van der Waals surface area contributed by atoms with Crippen molar-refractivity contribution in [3.63, 3.8) is 0 Å². The molecule has 0 radical (unpaired) electrons. The van der Waals surface area contributed by atoms with E-state index in [0.717, 1.165) is 188 Å². The number of unbranched alkanes of at least 4 members (excludes halogenated alkanes) is 6. The third-order valence-corrected chi connectivity index (χ3v) is 25.6. The van der Waals surface area contributed by atoms with Gasteiger partial charge in [-0.15, -0.1) is 0 Å². The van der Waals surface area contributed by atoms with Crippen molar-refractivity contribution in [1.29, 1.82) is 0 Å². The topological polar surface area (TPSA) is 226 Å². The summed E-state index contributed by atoms with van der Waals surface area (Å²) in [6.07, 6.45) is 26.4. The van der Waals surface area contributed by atoms with Gasteiger partial charge in [0.05, 0.1) is 12.2 Å². The number of halogens is 5. The van der Waals surface area contributed by atoms with Crippen LogP contribution in [0.3, 0.4) is 0 Å². The van der Waals surface area contributed by atoms with Crippen LogP contribution in [0.25, 0.3) is 0 Å². The molecule has 0 amide bonds. The number of carbonyl (C=O) groups is 6. The highest BCUT2D eigenvalue weighted by Crippen LogP contribution is 2.54. The monoisotopic (exact) mass is 1740 g/mol. The molecular weight excluding hydrogens is 1610 g/mol. The van der Waals surface area contributed by atoms with Crippen molar-refractivity contribution in [2.24, 2.45) is 65.1 Å². The minimum Gasteiger partial charge on any atom is -0.482 e. The van der Waals surface area contributed by atoms with Gasteiger partial charge >= 0.3 is 38.7 Å². The molecule has 12 rings (SSSR count). The number of aliphatic hydroxyl groups is 2. The third kappa shape index (κ3) is 31.6. The summed E-state index contributed by atoms with van der Waals surface area (Å²) in [7, 11) is 0. The standard InChI is InChI=1S/C32H41ClO5.C31H39ClO6.C31H42O4.C3H3Cl3O2/c1-3-4-6-13-26(38-32(33)35)15-16-27-22(2)17-25-19-29-24(18-28(25)27)12-9-14-30(29)36-21-31(34)37-20-23-10-7-5-8-11-23;1-2-3-5-12-24(38-31(32)35)14-15-25-26-16-22-11-8-13-29(27(22)17-23(26)18-28(25)33)36-20-30(34)37-19-21-9-6-4-7-10-21;1-3-4-6-13-26(32)15-16-27-22(2)17-25-19-29-24(18-28(25)27)12-9-14-30(29)34-21-31(33)35-20-23-10-7-5-8-11-23;1-2(7)8-3(4,5)6/h5,7-12,14,22,25-28H,3-4,6,13,15-21H2,1-2H3;4,6-11,13,23-26,28,33H,2-3,5,12,14-20H2,1H3;5,7-12,14,22,25-28,32H,3-4,6,13,15-21H2,1-2H3;1H3/t22-,25-,26+,27+,28+;23-,24-,25+,26-,28+;22-,25-,26+,27+,28+;/m101./s1. The van der Waals surface area contributed by atoms with Crippen molar-refractivity contribution in [3.8, 4) is 17.2 Å². The Kier molecular flexibility index (Phi) is 40.1. The number of alkyl halides is 3. The van der Waals surface area contributed by atoms with E-state index < -0.39 is 26.8 Å². The van der Waals surface area contributed by atoms with Gasteiger partial charge in [0.2, 0.25) is 0 Å². The Labute approximate surface area is 730 Å². The van der Waals surface area contributed by atoms with E-state index in [0.29, 0.717) is 65.6 Å². The first kappa shape index (κ1) is 95.7. The molecule has 15 atom stereocenters. The van der Waals surface area contributed by atoms with Crippen LogP contribution in [0, 0.1) is 65.1 Å². The van der Waals surface area contributed by atoms with E-state index >= 15 is 0 Å². The van der Waals surface area contributed by atoms with Crippen molar-refractivity contribution in [3.05, 3.63) is 196 Å². The lowest BCUT2D eigenvalue weighted by molar-refractivity contribution is -0.148. The Hall–Kier alpha value is -7.09. The Morgan fingerprint density at radius 1 is 0.420 bits per heavy atom. The first-order valence-electron chi connectivity index (χ1n) is 43.5. The average molecular weight is 1740 g/mol. The molecule has 6 aromatic carbocycles. The summed E-state index contributed by atoms with van der Waals surface area (Å²) in [5.74, 6) is 6.70. The van der Waals surface area contributed by atoms with Crippen LogP contribution in [-0.2, 0) is 106 Å². The maximum absolute atomic E-state index is 12.3. The van der Waals surface area contributed by atoms with Crippen molar-refractivity contribution in [1.82, 2.24) is 0 Å². The smallest absolute Gasteiger partial charge is 0.404 e. The fourth-order valence-electron chi connectivity index (χ4n) is 19.5. The van der Waals surface area contributed by atoms with Gasteiger partial charge in [-0.2, -0.15) is 0 Å². The van der Waals surface area contributed by atoms with E-state index in [1.807, 2.05) is 121 Å². The normalized spacial score (nSPS) is 22.3. The molecule has 6 aromatic rings. The number of aliphatic hydroxyl groups excluding tert-OH is 2. The molecule has 6 aliphatic rings. The Morgan fingerprint density at radius 2 is 0.756 bits per heavy atom. The summed E-state index contributed by atoms with van der Waals surface area (Å²) >= 11 is 26.2. The predicted molar refractivity (Wildman–Crippen MR) is 467 cm³/mol. The summed E-state index contributed by atoms with van der Waals surface area (Å²) < 4.78 is 47.0. The second-order valence-electron chi connectivity index (χ2n) is 33.6. The van der Waals surface area contributed by atoms with Gasteiger partial charge in [0.25, 0.3) is 0 Å². The molecule has 119 heavy (non-hydrogen) atoms. The number of carbonyl (C=O) groups excluding carboxylic acids is 6. The maximum Gasteiger partial charge on any atom is 0.404 e. The molecule has 3 fully saturated rings. The second kappa shape index (κ2) is 49.9. The van der Waals surface area contributed by atoms with Gasteiger partial charge in [-0.1, -0.05) is 207 Å². The van der Waals surface area contributed by atoms with Crippen LogP contribution >= 0.6 is 58.0 Å². The number of hydrogen-bond acceptors (Lipinski definition) is 17. The minimum absolute atomic E-state index is 0.0632. The molecule has 0 bridgehead atoms. The lowest BCUT2D eigenvalue weighted by atomic mass is 9.73. The van der Waals surface area contributed by atoms with Gasteiger partial charge in [-0.3, -0.25) is 4.79 Å². The molecule has 0 aromatic heterocycles. The Balaban J connectivity index is 0.000000194.